The normalized spacial score (nSPS) is 12.5. The first kappa shape index (κ1) is 9.90. The molecule has 0 fully saturated rings. The lowest BCUT2D eigenvalue weighted by atomic mass is 9.98. The molecule has 2 heteroatoms. The molecule has 0 saturated heterocycles. The lowest BCUT2D eigenvalue weighted by molar-refractivity contribution is -0.120. The highest BCUT2D eigenvalue weighted by atomic mass is 19.1. The molecule has 0 aliphatic carbocycles. The van der Waals surface area contributed by atoms with Crippen LogP contribution in [0.5, 0.6) is 0 Å². The number of halogens is 1. The van der Waals surface area contributed by atoms with Gasteiger partial charge in [-0.05, 0) is 25.0 Å². The van der Waals surface area contributed by atoms with E-state index >= 15 is 0 Å². The highest BCUT2D eigenvalue weighted by Gasteiger charge is 2.10. The van der Waals surface area contributed by atoms with Gasteiger partial charge < -0.3 is 0 Å². The van der Waals surface area contributed by atoms with Crippen LogP contribution in [0.3, 0.4) is 0 Å². The molecule has 0 saturated carbocycles. The van der Waals surface area contributed by atoms with Gasteiger partial charge in [-0.1, -0.05) is 25.1 Å². The number of rotatable bonds is 3. The van der Waals surface area contributed by atoms with Gasteiger partial charge in [0.05, 0.1) is 0 Å². The van der Waals surface area contributed by atoms with Crippen LogP contribution in [0.15, 0.2) is 24.3 Å². The Morgan fingerprint density at radius 3 is 2.62 bits per heavy atom. The summed E-state index contributed by atoms with van der Waals surface area (Å²) in [5.74, 6) is -0.226. The quantitative estimate of drug-likeness (QED) is 0.698. The highest BCUT2D eigenvalue weighted by Crippen LogP contribution is 2.12. The molecule has 0 heterocycles. The predicted molar refractivity (Wildman–Crippen MR) is 49.9 cm³/mol. The van der Waals surface area contributed by atoms with Crippen LogP contribution in [0.25, 0.3) is 0 Å². The number of carbonyl (C=O) groups is 1. The summed E-state index contributed by atoms with van der Waals surface area (Å²) >= 11 is 0. The van der Waals surface area contributed by atoms with Crippen molar-refractivity contribution in [2.45, 2.75) is 20.3 Å². The third-order valence-corrected chi connectivity index (χ3v) is 2.18. The molecule has 1 aromatic rings. The molecule has 0 radical (unpaired) electrons. The van der Waals surface area contributed by atoms with Gasteiger partial charge in [0.25, 0.3) is 0 Å². The molecular weight excluding hydrogens is 167 g/mol. The van der Waals surface area contributed by atoms with E-state index in [1.54, 1.807) is 18.2 Å². The summed E-state index contributed by atoms with van der Waals surface area (Å²) in [5, 5.41) is 0. The van der Waals surface area contributed by atoms with E-state index in [-0.39, 0.29) is 17.5 Å². The van der Waals surface area contributed by atoms with E-state index in [4.69, 9.17) is 0 Å². The number of carbonyl (C=O) groups excluding carboxylic acids is 1. The number of Topliss-reactive ketones (excluding diaryl/α,β-unsaturated/α-hetero) is 1. The summed E-state index contributed by atoms with van der Waals surface area (Å²) in [5.41, 5.74) is 0.616. The standard InChI is InChI=1S/C11H13FO/c1-8(9(2)13)7-10-5-3-4-6-11(10)12/h3-6,8H,7H2,1-2H3. The largest absolute Gasteiger partial charge is 0.300 e. The van der Waals surface area contributed by atoms with E-state index in [1.807, 2.05) is 6.92 Å². The Kier molecular flexibility index (Phi) is 3.18. The molecule has 1 rings (SSSR count). The van der Waals surface area contributed by atoms with Crippen LogP contribution in [0.4, 0.5) is 4.39 Å². The highest BCUT2D eigenvalue weighted by molar-refractivity contribution is 5.78. The van der Waals surface area contributed by atoms with Crippen LogP contribution in [-0.2, 0) is 11.2 Å². The molecule has 0 spiro atoms. The van der Waals surface area contributed by atoms with E-state index in [9.17, 15) is 9.18 Å². The van der Waals surface area contributed by atoms with Crippen molar-refractivity contribution in [3.8, 4) is 0 Å². The minimum atomic E-state index is -0.226. The van der Waals surface area contributed by atoms with Gasteiger partial charge in [0.1, 0.15) is 11.6 Å². The maximum absolute atomic E-state index is 13.1. The Morgan fingerprint density at radius 2 is 2.08 bits per heavy atom. The first-order chi connectivity index (χ1) is 6.11. The Hall–Kier alpha value is -1.18. The van der Waals surface area contributed by atoms with Crippen LogP contribution in [0.2, 0.25) is 0 Å². The summed E-state index contributed by atoms with van der Waals surface area (Å²) in [6, 6.07) is 6.57. The molecule has 70 valence electrons. The molecule has 13 heavy (non-hydrogen) atoms. The number of benzene rings is 1. The van der Waals surface area contributed by atoms with E-state index in [0.29, 0.717) is 12.0 Å². The SMILES string of the molecule is CC(=O)C(C)Cc1ccccc1F. The average Bonchev–Trinajstić information content (AvgIpc) is 2.08. The van der Waals surface area contributed by atoms with Gasteiger partial charge in [-0.25, -0.2) is 4.39 Å². The van der Waals surface area contributed by atoms with E-state index in [0.717, 1.165) is 0 Å². The Morgan fingerprint density at radius 1 is 1.46 bits per heavy atom. The minimum absolute atomic E-state index is 0.100. The van der Waals surface area contributed by atoms with Gasteiger partial charge >= 0.3 is 0 Å². The van der Waals surface area contributed by atoms with E-state index in [2.05, 4.69) is 0 Å². The van der Waals surface area contributed by atoms with Crippen molar-refractivity contribution in [2.24, 2.45) is 5.92 Å². The zero-order valence-electron chi connectivity index (χ0n) is 7.88. The fourth-order valence-electron chi connectivity index (χ4n) is 1.14. The van der Waals surface area contributed by atoms with Gasteiger partial charge in [-0.3, -0.25) is 4.79 Å². The molecule has 0 bridgehead atoms. The van der Waals surface area contributed by atoms with Crippen LogP contribution < -0.4 is 0 Å². The molecule has 0 N–H and O–H groups in total. The Labute approximate surface area is 77.6 Å². The summed E-state index contributed by atoms with van der Waals surface area (Å²) in [6.07, 6.45) is 0.488. The summed E-state index contributed by atoms with van der Waals surface area (Å²) in [6.45, 7) is 3.35. The molecule has 1 atom stereocenters. The zero-order valence-corrected chi connectivity index (χ0v) is 7.88. The van der Waals surface area contributed by atoms with E-state index < -0.39 is 0 Å². The van der Waals surface area contributed by atoms with Gasteiger partial charge in [0.15, 0.2) is 0 Å². The lowest BCUT2D eigenvalue weighted by Crippen LogP contribution is -2.10. The fraction of sp³-hybridized carbons (Fsp3) is 0.364. The number of hydrogen-bond donors (Lipinski definition) is 0. The lowest BCUT2D eigenvalue weighted by Gasteiger charge is -2.07. The second-order valence-electron chi connectivity index (χ2n) is 3.31. The molecule has 1 unspecified atom stereocenters. The first-order valence-corrected chi connectivity index (χ1v) is 4.35. The van der Waals surface area contributed by atoms with Gasteiger partial charge in [0.2, 0.25) is 0 Å². The fourth-order valence-corrected chi connectivity index (χ4v) is 1.14. The third-order valence-electron chi connectivity index (χ3n) is 2.18. The molecule has 0 aliphatic rings. The number of hydrogen-bond acceptors (Lipinski definition) is 1. The van der Waals surface area contributed by atoms with Crippen molar-refractivity contribution < 1.29 is 9.18 Å². The van der Waals surface area contributed by atoms with Crippen molar-refractivity contribution >= 4 is 5.78 Å². The van der Waals surface area contributed by atoms with Crippen molar-refractivity contribution in [1.82, 2.24) is 0 Å². The molecule has 0 aliphatic heterocycles. The average molecular weight is 180 g/mol. The first-order valence-electron chi connectivity index (χ1n) is 4.35. The molecule has 1 nitrogen and oxygen atoms in total. The van der Waals surface area contributed by atoms with Crippen LogP contribution in [0, 0.1) is 11.7 Å². The van der Waals surface area contributed by atoms with Crippen LogP contribution in [-0.4, -0.2) is 5.78 Å². The predicted octanol–water partition coefficient (Wildman–Crippen LogP) is 2.59. The maximum atomic E-state index is 13.1. The third kappa shape index (κ3) is 2.65. The second kappa shape index (κ2) is 4.17. The molecule has 0 amide bonds. The van der Waals surface area contributed by atoms with Crippen molar-refractivity contribution in [3.05, 3.63) is 35.6 Å². The van der Waals surface area contributed by atoms with Gasteiger partial charge in [-0.15, -0.1) is 0 Å². The zero-order chi connectivity index (χ0) is 9.84. The van der Waals surface area contributed by atoms with Crippen molar-refractivity contribution in [2.75, 3.05) is 0 Å². The minimum Gasteiger partial charge on any atom is -0.300 e. The van der Waals surface area contributed by atoms with Crippen molar-refractivity contribution in [1.29, 1.82) is 0 Å². The summed E-state index contributed by atoms with van der Waals surface area (Å²) in [4.78, 5) is 10.9. The molecule has 0 aromatic heterocycles. The van der Waals surface area contributed by atoms with Gasteiger partial charge in [0, 0.05) is 5.92 Å². The summed E-state index contributed by atoms with van der Waals surface area (Å²) in [7, 11) is 0. The Balaban J connectivity index is 2.74. The van der Waals surface area contributed by atoms with Crippen LogP contribution in [0.1, 0.15) is 19.4 Å². The number of ketones is 1. The van der Waals surface area contributed by atoms with Crippen LogP contribution >= 0.6 is 0 Å². The van der Waals surface area contributed by atoms with E-state index in [1.165, 1.54) is 13.0 Å². The van der Waals surface area contributed by atoms with Gasteiger partial charge in [-0.2, -0.15) is 0 Å². The maximum Gasteiger partial charge on any atom is 0.132 e. The molecule has 1 aromatic carbocycles. The monoisotopic (exact) mass is 180 g/mol. The molecular formula is C11H13FO. The smallest absolute Gasteiger partial charge is 0.132 e. The Bertz CT molecular complexity index is 307. The topological polar surface area (TPSA) is 17.1 Å². The second-order valence-corrected chi connectivity index (χ2v) is 3.31. The summed E-state index contributed by atoms with van der Waals surface area (Å²) < 4.78 is 13.1. The van der Waals surface area contributed by atoms with Crippen molar-refractivity contribution in [3.63, 3.8) is 0 Å².